The van der Waals surface area contributed by atoms with Crippen LogP contribution in [0.25, 0.3) is 10.2 Å². The van der Waals surface area contributed by atoms with Gasteiger partial charge in [-0.25, -0.2) is 9.97 Å². The van der Waals surface area contributed by atoms with Gasteiger partial charge in [0.25, 0.3) is 0 Å². The van der Waals surface area contributed by atoms with Crippen molar-refractivity contribution >= 4 is 27.4 Å². The number of thiophene rings is 1. The zero-order valence-electron chi connectivity index (χ0n) is 14.8. The van der Waals surface area contributed by atoms with Crippen LogP contribution in [0, 0.1) is 0 Å². The molecule has 2 aromatic rings. The van der Waals surface area contributed by atoms with E-state index in [4.69, 9.17) is 4.74 Å². The standard InChI is InChI=1S/C19H28N4OS/c1-2-4-7-14(6-3-1)23-18-17-10-16(25-19(17)22-13-21-18)12-20-11-15-8-5-9-24-15/h10,13-15,20H,1-9,11-12H2,(H,21,22,23)/t15-/m1/s1. The molecule has 4 rings (SSSR count). The molecule has 6 heteroatoms. The van der Waals surface area contributed by atoms with E-state index in [1.165, 1.54) is 61.6 Å². The molecule has 0 amide bonds. The van der Waals surface area contributed by atoms with Gasteiger partial charge >= 0.3 is 0 Å². The maximum Gasteiger partial charge on any atom is 0.138 e. The summed E-state index contributed by atoms with van der Waals surface area (Å²) in [6.45, 7) is 2.73. The van der Waals surface area contributed by atoms with Gasteiger partial charge < -0.3 is 15.4 Å². The van der Waals surface area contributed by atoms with Crippen molar-refractivity contribution in [2.75, 3.05) is 18.5 Å². The average molecular weight is 361 g/mol. The number of anilines is 1. The third-order valence-electron chi connectivity index (χ3n) is 5.27. The zero-order valence-corrected chi connectivity index (χ0v) is 15.6. The first-order valence-corrected chi connectivity index (χ1v) is 10.5. The van der Waals surface area contributed by atoms with Crippen LogP contribution < -0.4 is 10.6 Å². The van der Waals surface area contributed by atoms with E-state index in [1.807, 2.05) is 0 Å². The van der Waals surface area contributed by atoms with Crippen LogP contribution in [0.15, 0.2) is 12.4 Å². The Hall–Kier alpha value is -1.24. The summed E-state index contributed by atoms with van der Waals surface area (Å²) in [5.41, 5.74) is 0. The van der Waals surface area contributed by atoms with E-state index in [0.29, 0.717) is 12.1 Å². The van der Waals surface area contributed by atoms with Gasteiger partial charge in [0.15, 0.2) is 0 Å². The summed E-state index contributed by atoms with van der Waals surface area (Å²) in [6, 6.07) is 2.81. The fourth-order valence-corrected chi connectivity index (χ4v) is 4.85. The SMILES string of the molecule is c1nc(NC2CCCCCC2)c2cc(CNC[C@H]3CCCO3)sc2n1. The molecular weight excluding hydrogens is 332 g/mol. The minimum Gasteiger partial charge on any atom is -0.377 e. The number of hydrogen-bond donors (Lipinski definition) is 2. The Labute approximate surface area is 153 Å². The smallest absolute Gasteiger partial charge is 0.138 e. The number of nitrogens with zero attached hydrogens (tertiary/aromatic N) is 2. The van der Waals surface area contributed by atoms with Crippen LogP contribution in [-0.2, 0) is 11.3 Å². The molecule has 0 bridgehead atoms. The quantitative estimate of drug-likeness (QED) is 0.760. The van der Waals surface area contributed by atoms with E-state index < -0.39 is 0 Å². The van der Waals surface area contributed by atoms with Gasteiger partial charge in [-0.05, 0) is 31.7 Å². The minimum atomic E-state index is 0.390. The highest BCUT2D eigenvalue weighted by molar-refractivity contribution is 7.18. The predicted molar refractivity (Wildman–Crippen MR) is 103 cm³/mol. The van der Waals surface area contributed by atoms with Crippen LogP contribution in [0.3, 0.4) is 0 Å². The predicted octanol–water partition coefficient (Wildman–Crippen LogP) is 4.09. The molecule has 2 N–H and O–H groups in total. The summed E-state index contributed by atoms with van der Waals surface area (Å²) < 4.78 is 5.67. The Kier molecular flexibility index (Phi) is 5.79. The molecule has 0 unspecified atom stereocenters. The molecule has 1 aliphatic carbocycles. The van der Waals surface area contributed by atoms with Crippen LogP contribution >= 0.6 is 11.3 Å². The van der Waals surface area contributed by atoms with E-state index >= 15 is 0 Å². The van der Waals surface area contributed by atoms with Gasteiger partial charge in [-0.15, -0.1) is 11.3 Å². The molecule has 2 aromatic heterocycles. The number of nitrogens with one attached hydrogen (secondary N) is 2. The summed E-state index contributed by atoms with van der Waals surface area (Å²) in [4.78, 5) is 11.4. The Morgan fingerprint density at radius 1 is 1.08 bits per heavy atom. The van der Waals surface area contributed by atoms with Crippen LogP contribution in [0.2, 0.25) is 0 Å². The highest BCUT2D eigenvalue weighted by Gasteiger charge is 2.17. The topological polar surface area (TPSA) is 59.1 Å². The number of rotatable bonds is 6. The monoisotopic (exact) mass is 360 g/mol. The molecule has 3 heterocycles. The molecule has 0 radical (unpaired) electrons. The molecule has 1 aliphatic heterocycles. The van der Waals surface area contributed by atoms with Gasteiger partial charge in [0.1, 0.15) is 17.0 Å². The van der Waals surface area contributed by atoms with Crippen molar-refractivity contribution in [3.8, 4) is 0 Å². The van der Waals surface area contributed by atoms with Crippen LogP contribution in [0.5, 0.6) is 0 Å². The summed E-state index contributed by atoms with van der Waals surface area (Å²) in [7, 11) is 0. The Balaban J connectivity index is 1.40. The van der Waals surface area contributed by atoms with E-state index in [0.717, 1.165) is 30.3 Å². The summed E-state index contributed by atoms with van der Waals surface area (Å²) >= 11 is 1.77. The Morgan fingerprint density at radius 2 is 1.96 bits per heavy atom. The third-order valence-corrected chi connectivity index (χ3v) is 6.31. The lowest BCUT2D eigenvalue weighted by atomic mass is 10.1. The van der Waals surface area contributed by atoms with Crippen LogP contribution in [0.1, 0.15) is 56.2 Å². The van der Waals surface area contributed by atoms with Gasteiger partial charge in [0, 0.05) is 30.6 Å². The number of fused-ring (bicyclic) bond motifs is 1. The van der Waals surface area contributed by atoms with E-state index in [9.17, 15) is 0 Å². The number of ether oxygens (including phenoxy) is 1. The molecule has 0 aromatic carbocycles. The Morgan fingerprint density at radius 3 is 2.76 bits per heavy atom. The van der Waals surface area contributed by atoms with E-state index in [-0.39, 0.29) is 0 Å². The molecular formula is C19H28N4OS. The second-order valence-corrected chi connectivity index (χ2v) is 8.37. The molecule has 25 heavy (non-hydrogen) atoms. The van der Waals surface area contributed by atoms with Crippen LogP contribution in [-0.4, -0.2) is 35.3 Å². The van der Waals surface area contributed by atoms with Gasteiger partial charge in [0.2, 0.25) is 0 Å². The maximum atomic E-state index is 5.67. The first-order valence-electron chi connectivity index (χ1n) is 9.71. The lowest BCUT2D eigenvalue weighted by Gasteiger charge is -2.17. The van der Waals surface area contributed by atoms with Crippen molar-refractivity contribution < 1.29 is 4.74 Å². The Bertz CT molecular complexity index is 675. The van der Waals surface area contributed by atoms with Crippen molar-refractivity contribution in [1.29, 1.82) is 0 Å². The van der Waals surface area contributed by atoms with Gasteiger partial charge in [-0.1, -0.05) is 25.7 Å². The summed E-state index contributed by atoms with van der Waals surface area (Å²) in [5, 5.41) is 8.40. The van der Waals surface area contributed by atoms with Crippen molar-refractivity contribution in [2.24, 2.45) is 0 Å². The molecule has 2 aliphatic rings. The van der Waals surface area contributed by atoms with Gasteiger partial charge in [-0.2, -0.15) is 0 Å². The second-order valence-electron chi connectivity index (χ2n) is 7.25. The van der Waals surface area contributed by atoms with E-state index in [2.05, 4.69) is 26.7 Å². The molecule has 0 spiro atoms. The molecule has 136 valence electrons. The normalized spacial score (nSPS) is 22.3. The average Bonchev–Trinajstić information content (AvgIpc) is 3.21. The second kappa shape index (κ2) is 8.43. The molecule has 1 saturated heterocycles. The highest BCUT2D eigenvalue weighted by atomic mass is 32.1. The highest BCUT2D eigenvalue weighted by Crippen LogP contribution is 2.30. The first kappa shape index (κ1) is 17.2. The summed E-state index contributed by atoms with van der Waals surface area (Å²) in [6.07, 6.45) is 12.4. The van der Waals surface area contributed by atoms with Crippen LogP contribution in [0.4, 0.5) is 5.82 Å². The third kappa shape index (κ3) is 4.49. The minimum absolute atomic E-state index is 0.390. The fraction of sp³-hybridized carbons (Fsp3) is 0.684. The van der Waals surface area contributed by atoms with Gasteiger partial charge in [-0.3, -0.25) is 0 Å². The number of hydrogen-bond acceptors (Lipinski definition) is 6. The maximum absolute atomic E-state index is 5.67. The van der Waals surface area contributed by atoms with Gasteiger partial charge in [0.05, 0.1) is 11.5 Å². The summed E-state index contributed by atoms with van der Waals surface area (Å²) in [5.74, 6) is 1.01. The lowest BCUT2D eigenvalue weighted by molar-refractivity contribution is 0.110. The van der Waals surface area contributed by atoms with Crippen molar-refractivity contribution in [1.82, 2.24) is 15.3 Å². The van der Waals surface area contributed by atoms with Crippen molar-refractivity contribution in [3.63, 3.8) is 0 Å². The molecule has 2 fully saturated rings. The first-order chi connectivity index (χ1) is 12.4. The van der Waals surface area contributed by atoms with Crippen molar-refractivity contribution in [2.45, 2.75) is 70.1 Å². The van der Waals surface area contributed by atoms with E-state index in [1.54, 1.807) is 17.7 Å². The van der Waals surface area contributed by atoms with Crippen molar-refractivity contribution in [3.05, 3.63) is 17.3 Å². The number of aromatic nitrogens is 2. The lowest BCUT2D eigenvalue weighted by Crippen LogP contribution is -2.25. The molecule has 1 saturated carbocycles. The fourth-order valence-electron chi connectivity index (χ4n) is 3.89. The molecule has 1 atom stereocenters. The largest absolute Gasteiger partial charge is 0.377 e. The molecule has 5 nitrogen and oxygen atoms in total. The zero-order chi connectivity index (χ0) is 16.9.